The highest BCUT2D eigenvalue weighted by atomic mass is 32.2. The molecule has 3 nitrogen and oxygen atoms in total. The van der Waals surface area contributed by atoms with E-state index in [-0.39, 0.29) is 6.61 Å². The highest BCUT2D eigenvalue weighted by Crippen LogP contribution is 2.19. The zero-order valence-corrected chi connectivity index (χ0v) is 11.3. The number of H-pyrrole nitrogens is 1. The Morgan fingerprint density at radius 2 is 2.06 bits per heavy atom. The van der Waals surface area contributed by atoms with Crippen molar-refractivity contribution in [2.75, 3.05) is 12.4 Å². The SMILES string of the molecule is Cc1[nH]c(SCCCO)nc1Cc1ccccc1. The first-order chi connectivity index (χ1) is 8.79. The molecule has 4 heteroatoms. The van der Waals surface area contributed by atoms with E-state index in [1.54, 1.807) is 11.8 Å². The quantitative estimate of drug-likeness (QED) is 0.621. The molecule has 2 N–H and O–H groups in total. The molecule has 1 aromatic heterocycles. The minimum absolute atomic E-state index is 0.240. The van der Waals surface area contributed by atoms with E-state index in [2.05, 4.69) is 29.0 Å². The van der Waals surface area contributed by atoms with E-state index in [1.165, 1.54) is 5.56 Å². The molecule has 0 saturated heterocycles. The lowest BCUT2D eigenvalue weighted by atomic mass is 10.1. The number of nitrogens with one attached hydrogen (secondary N) is 1. The largest absolute Gasteiger partial charge is 0.396 e. The molecule has 0 aliphatic rings. The van der Waals surface area contributed by atoms with Gasteiger partial charge in [-0.25, -0.2) is 4.98 Å². The van der Waals surface area contributed by atoms with Gasteiger partial charge in [0.15, 0.2) is 5.16 Å². The topological polar surface area (TPSA) is 48.9 Å². The van der Waals surface area contributed by atoms with Crippen LogP contribution in [0, 0.1) is 6.92 Å². The van der Waals surface area contributed by atoms with Crippen LogP contribution in [0.5, 0.6) is 0 Å². The van der Waals surface area contributed by atoms with Gasteiger partial charge in [0.1, 0.15) is 0 Å². The Labute approximate surface area is 112 Å². The molecular formula is C14H18N2OS. The summed E-state index contributed by atoms with van der Waals surface area (Å²) in [6.45, 7) is 2.30. The lowest BCUT2D eigenvalue weighted by molar-refractivity contribution is 0.296. The van der Waals surface area contributed by atoms with Gasteiger partial charge in [-0.1, -0.05) is 42.1 Å². The molecule has 0 saturated carbocycles. The summed E-state index contributed by atoms with van der Waals surface area (Å²) in [4.78, 5) is 7.90. The molecular weight excluding hydrogens is 244 g/mol. The summed E-state index contributed by atoms with van der Waals surface area (Å²) < 4.78 is 0. The van der Waals surface area contributed by atoms with Crippen LogP contribution in [0.15, 0.2) is 35.5 Å². The molecule has 0 spiro atoms. The summed E-state index contributed by atoms with van der Waals surface area (Å²) in [5.74, 6) is 0.897. The molecule has 18 heavy (non-hydrogen) atoms. The Morgan fingerprint density at radius 3 is 2.78 bits per heavy atom. The number of rotatable bonds is 6. The highest BCUT2D eigenvalue weighted by molar-refractivity contribution is 7.99. The van der Waals surface area contributed by atoms with Crippen LogP contribution in [-0.2, 0) is 6.42 Å². The Kier molecular flexibility index (Phi) is 4.84. The van der Waals surface area contributed by atoms with Gasteiger partial charge in [-0.2, -0.15) is 0 Å². The molecule has 0 bridgehead atoms. The van der Waals surface area contributed by atoms with Crippen molar-refractivity contribution in [2.45, 2.75) is 24.9 Å². The molecule has 2 aromatic rings. The van der Waals surface area contributed by atoms with E-state index >= 15 is 0 Å². The number of aromatic nitrogens is 2. The molecule has 1 heterocycles. The predicted octanol–water partition coefficient (Wildman–Crippen LogP) is 2.78. The number of benzene rings is 1. The van der Waals surface area contributed by atoms with E-state index in [4.69, 9.17) is 5.11 Å². The van der Waals surface area contributed by atoms with Gasteiger partial charge in [0, 0.05) is 24.5 Å². The molecule has 0 aliphatic heterocycles. The number of imidazole rings is 1. The summed E-state index contributed by atoms with van der Waals surface area (Å²) >= 11 is 1.66. The van der Waals surface area contributed by atoms with Crippen LogP contribution in [0.2, 0.25) is 0 Å². The Morgan fingerprint density at radius 1 is 1.28 bits per heavy atom. The number of hydrogen-bond donors (Lipinski definition) is 2. The number of hydrogen-bond acceptors (Lipinski definition) is 3. The van der Waals surface area contributed by atoms with Crippen molar-refractivity contribution in [3.05, 3.63) is 47.3 Å². The molecule has 0 fully saturated rings. The maximum absolute atomic E-state index is 8.75. The predicted molar refractivity (Wildman–Crippen MR) is 75.0 cm³/mol. The zero-order valence-electron chi connectivity index (χ0n) is 10.5. The average molecular weight is 262 g/mol. The Hall–Kier alpha value is -1.26. The van der Waals surface area contributed by atoms with Crippen molar-refractivity contribution in [2.24, 2.45) is 0 Å². The fourth-order valence-corrected chi connectivity index (χ4v) is 2.60. The zero-order chi connectivity index (χ0) is 12.8. The normalized spacial score (nSPS) is 10.8. The molecule has 0 amide bonds. The highest BCUT2D eigenvalue weighted by Gasteiger charge is 2.07. The molecule has 0 unspecified atom stereocenters. The Balaban J connectivity index is 2.01. The summed E-state index contributed by atoms with van der Waals surface area (Å²) in [5.41, 5.74) is 3.51. The first-order valence-electron chi connectivity index (χ1n) is 6.12. The first-order valence-corrected chi connectivity index (χ1v) is 7.11. The van der Waals surface area contributed by atoms with Crippen LogP contribution in [-0.4, -0.2) is 27.4 Å². The third-order valence-electron chi connectivity index (χ3n) is 2.72. The summed E-state index contributed by atoms with van der Waals surface area (Å²) in [6, 6.07) is 10.4. The number of aryl methyl sites for hydroxylation is 1. The second kappa shape index (κ2) is 6.61. The number of thioether (sulfide) groups is 1. The lowest BCUT2D eigenvalue weighted by Gasteiger charge is -1.98. The minimum atomic E-state index is 0.240. The number of nitrogens with zero attached hydrogens (tertiary/aromatic N) is 1. The van der Waals surface area contributed by atoms with Crippen molar-refractivity contribution >= 4 is 11.8 Å². The smallest absolute Gasteiger partial charge is 0.165 e. The molecule has 2 rings (SSSR count). The van der Waals surface area contributed by atoms with Gasteiger partial charge in [0.2, 0.25) is 0 Å². The minimum Gasteiger partial charge on any atom is -0.396 e. The number of aliphatic hydroxyl groups excluding tert-OH is 1. The van der Waals surface area contributed by atoms with Gasteiger partial charge in [-0.3, -0.25) is 0 Å². The van der Waals surface area contributed by atoms with Crippen molar-refractivity contribution in [3.8, 4) is 0 Å². The van der Waals surface area contributed by atoms with E-state index in [1.807, 2.05) is 18.2 Å². The average Bonchev–Trinajstić information content (AvgIpc) is 2.72. The summed E-state index contributed by atoms with van der Waals surface area (Å²) in [5, 5.41) is 9.71. The molecule has 0 aliphatic carbocycles. The summed E-state index contributed by atoms with van der Waals surface area (Å²) in [7, 11) is 0. The number of aliphatic hydroxyl groups is 1. The van der Waals surface area contributed by atoms with E-state index in [0.29, 0.717) is 0 Å². The van der Waals surface area contributed by atoms with Gasteiger partial charge < -0.3 is 10.1 Å². The van der Waals surface area contributed by atoms with Crippen LogP contribution in [0.3, 0.4) is 0 Å². The maximum Gasteiger partial charge on any atom is 0.165 e. The van der Waals surface area contributed by atoms with Gasteiger partial charge in [0.05, 0.1) is 5.69 Å². The third-order valence-corrected chi connectivity index (χ3v) is 3.68. The molecule has 96 valence electrons. The van der Waals surface area contributed by atoms with Crippen LogP contribution >= 0.6 is 11.8 Å². The monoisotopic (exact) mass is 262 g/mol. The first kappa shape index (κ1) is 13.2. The van der Waals surface area contributed by atoms with Crippen molar-refractivity contribution < 1.29 is 5.11 Å². The van der Waals surface area contributed by atoms with E-state index in [0.717, 1.165) is 35.1 Å². The van der Waals surface area contributed by atoms with Crippen LogP contribution in [0.25, 0.3) is 0 Å². The third kappa shape index (κ3) is 3.62. The molecule has 0 atom stereocenters. The van der Waals surface area contributed by atoms with Crippen molar-refractivity contribution in [3.63, 3.8) is 0 Å². The number of aromatic amines is 1. The van der Waals surface area contributed by atoms with Crippen molar-refractivity contribution in [1.29, 1.82) is 0 Å². The standard InChI is InChI=1S/C14H18N2OS/c1-11-13(10-12-6-3-2-4-7-12)16-14(15-11)18-9-5-8-17/h2-4,6-7,17H,5,8-10H2,1H3,(H,15,16). The van der Waals surface area contributed by atoms with Gasteiger partial charge >= 0.3 is 0 Å². The molecule has 0 radical (unpaired) electrons. The maximum atomic E-state index is 8.75. The fraction of sp³-hybridized carbons (Fsp3) is 0.357. The second-order valence-corrected chi connectivity index (χ2v) is 5.29. The van der Waals surface area contributed by atoms with E-state index in [9.17, 15) is 0 Å². The van der Waals surface area contributed by atoms with Crippen molar-refractivity contribution in [1.82, 2.24) is 9.97 Å². The second-order valence-electron chi connectivity index (χ2n) is 4.20. The van der Waals surface area contributed by atoms with Crippen LogP contribution in [0.4, 0.5) is 0 Å². The Bertz CT molecular complexity index is 482. The van der Waals surface area contributed by atoms with Gasteiger partial charge in [-0.05, 0) is 18.9 Å². The summed E-state index contributed by atoms with van der Waals surface area (Å²) in [6.07, 6.45) is 1.67. The fourth-order valence-electron chi connectivity index (χ4n) is 1.73. The lowest BCUT2D eigenvalue weighted by Crippen LogP contribution is -1.90. The van der Waals surface area contributed by atoms with Crippen LogP contribution < -0.4 is 0 Å². The van der Waals surface area contributed by atoms with Gasteiger partial charge in [0.25, 0.3) is 0 Å². The van der Waals surface area contributed by atoms with E-state index < -0.39 is 0 Å². The van der Waals surface area contributed by atoms with Crippen LogP contribution in [0.1, 0.15) is 23.4 Å². The molecule has 1 aromatic carbocycles. The van der Waals surface area contributed by atoms with Gasteiger partial charge in [-0.15, -0.1) is 0 Å².